The summed E-state index contributed by atoms with van der Waals surface area (Å²) in [4.78, 5) is 36.4. The average molecular weight is 498 g/mol. The van der Waals surface area contributed by atoms with Crippen LogP contribution < -0.4 is 27.2 Å². The summed E-state index contributed by atoms with van der Waals surface area (Å²) in [5.74, 6) is 8.87. The van der Waals surface area contributed by atoms with E-state index >= 15 is 0 Å². The Labute approximate surface area is 206 Å². The summed E-state index contributed by atoms with van der Waals surface area (Å²) in [5, 5.41) is 15.2. The van der Waals surface area contributed by atoms with E-state index in [1.807, 2.05) is 29.6 Å². The van der Waals surface area contributed by atoms with Gasteiger partial charge in [0.1, 0.15) is 11.6 Å². The standard InChI is InChI=1S/C25H25F2N5O4/c1-25(23(26)27,31-24(35)29-2)20(22(34)32-36)30-21(33)19-13-11-17(12-14-19)6-4-3-5-16-7-9-18(15-28)10-8-16/h7-14,20,23,36H,15,28H2,1-2H3,(H,30,33)(H,32,34)(H2,29,31,35)/t20-,25?/m1/s1. The van der Waals surface area contributed by atoms with Gasteiger partial charge in [-0.05, 0) is 60.7 Å². The highest BCUT2D eigenvalue weighted by atomic mass is 19.3. The molecule has 1 unspecified atom stereocenters. The van der Waals surface area contributed by atoms with Gasteiger partial charge in [-0.2, -0.15) is 0 Å². The molecular weight excluding hydrogens is 472 g/mol. The third-order valence-corrected chi connectivity index (χ3v) is 5.12. The maximum absolute atomic E-state index is 13.8. The third kappa shape index (κ3) is 7.27. The number of carbonyl (C=O) groups is 3. The fourth-order valence-electron chi connectivity index (χ4n) is 2.96. The summed E-state index contributed by atoms with van der Waals surface area (Å²) in [7, 11) is 1.19. The molecule has 2 rings (SSSR count). The molecule has 0 aliphatic rings. The smallest absolute Gasteiger partial charge is 0.315 e. The van der Waals surface area contributed by atoms with Crippen LogP contribution in [0.4, 0.5) is 13.6 Å². The summed E-state index contributed by atoms with van der Waals surface area (Å²) < 4.78 is 27.7. The number of carbonyl (C=O) groups excluding carboxylic acids is 3. The van der Waals surface area contributed by atoms with Crippen molar-refractivity contribution in [2.24, 2.45) is 5.73 Å². The lowest BCUT2D eigenvalue weighted by Gasteiger charge is -2.36. The highest BCUT2D eigenvalue weighted by molar-refractivity contribution is 5.98. The van der Waals surface area contributed by atoms with Gasteiger partial charge in [0.05, 0.1) is 0 Å². The largest absolute Gasteiger partial charge is 0.341 e. The molecule has 0 heterocycles. The third-order valence-electron chi connectivity index (χ3n) is 5.12. The minimum Gasteiger partial charge on any atom is -0.341 e. The van der Waals surface area contributed by atoms with Crippen LogP contribution >= 0.6 is 0 Å². The van der Waals surface area contributed by atoms with Gasteiger partial charge in [0.15, 0.2) is 0 Å². The van der Waals surface area contributed by atoms with E-state index in [0.717, 1.165) is 18.1 Å². The van der Waals surface area contributed by atoms with Crippen molar-refractivity contribution in [3.63, 3.8) is 0 Å². The second kappa shape index (κ2) is 12.9. The van der Waals surface area contributed by atoms with Crippen molar-refractivity contribution < 1.29 is 28.4 Å². The van der Waals surface area contributed by atoms with Crippen molar-refractivity contribution >= 4 is 17.8 Å². The van der Waals surface area contributed by atoms with Gasteiger partial charge in [-0.3, -0.25) is 14.8 Å². The van der Waals surface area contributed by atoms with Crippen LogP contribution in [0.5, 0.6) is 0 Å². The molecule has 2 aromatic rings. The summed E-state index contributed by atoms with van der Waals surface area (Å²) in [6.07, 6.45) is -3.28. The van der Waals surface area contributed by atoms with Crippen LogP contribution in [0.25, 0.3) is 0 Å². The molecule has 9 nitrogen and oxygen atoms in total. The van der Waals surface area contributed by atoms with E-state index in [1.165, 1.54) is 36.8 Å². The van der Waals surface area contributed by atoms with Crippen LogP contribution in [0.3, 0.4) is 0 Å². The quantitative estimate of drug-likeness (QED) is 0.193. The van der Waals surface area contributed by atoms with E-state index in [2.05, 4.69) is 34.3 Å². The first-order chi connectivity index (χ1) is 17.1. The van der Waals surface area contributed by atoms with Gasteiger partial charge in [-0.25, -0.2) is 19.1 Å². The second-order valence-corrected chi connectivity index (χ2v) is 7.65. The Balaban J connectivity index is 2.16. The Morgan fingerprint density at radius 3 is 1.97 bits per heavy atom. The molecule has 0 aromatic heterocycles. The number of hydrogen-bond acceptors (Lipinski definition) is 5. The Hall–Kier alpha value is -4.45. The topological polar surface area (TPSA) is 146 Å². The molecular formula is C25H25F2N5O4. The summed E-state index contributed by atoms with van der Waals surface area (Å²) in [5.41, 5.74) is 6.56. The molecule has 0 saturated carbocycles. The zero-order valence-corrected chi connectivity index (χ0v) is 19.5. The fraction of sp³-hybridized carbons (Fsp3) is 0.240. The number of benzene rings is 2. The molecule has 36 heavy (non-hydrogen) atoms. The highest BCUT2D eigenvalue weighted by Gasteiger charge is 2.48. The molecule has 188 valence electrons. The Morgan fingerprint density at radius 1 is 1.00 bits per heavy atom. The van der Waals surface area contributed by atoms with Gasteiger partial charge in [0, 0.05) is 30.3 Å². The average Bonchev–Trinajstić information content (AvgIpc) is 2.89. The predicted octanol–water partition coefficient (Wildman–Crippen LogP) is 1.11. The summed E-state index contributed by atoms with van der Waals surface area (Å²) in [6, 6.07) is 10.1. The zero-order valence-electron chi connectivity index (χ0n) is 19.5. The van der Waals surface area contributed by atoms with Gasteiger partial charge in [0.2, 0.25) is 0 Å². The van der Waals surface area contributed by atoms with Gasteiger partial charge in [-0.15, -0.1) is 0 Å². The first-order valence-corrected chi connectivity index (χ1v) is 10.6. The highest BCUT2D eigenvalue weighted by Crippen LogP contribution is 2.21. The Bertz CT molecular complexity index is 1210. The molecule has 4 amide bonds. The monoisotopic (exact) mass is 497 g/mol. The molecule has 0 saturated heterocycles. The number of urea groups is 1. The van der Waals surface area contributed by atoms with Crippen LogP contribution in [0.1, 0.15) is 34.0 Å². The number of rotatable bonds is 7. The van der Waals surface area contributed by atoms with Gasteiger partial charge >= 0.3 is 6.03 Å². The molecule has 2 aromatic carbocycles. The maximum Gasteiger partial charge on any atom is 0.315 e. The van der Waals surface area contributed by atoms with Crippen molar-refractivity contribution in [1.29, 1.82) is 0 Å². The SMILES string of the molecule is CNC(=O)NC(C)(C(F)F)[C@H](NC(=O)c1ccc(C#CC#Cc2ccc(CN)cc2)cc1)C(=O)NO. The Morgan fingerprint density at radius 2 is 1.53 bits per heavy atom. The van der Waals surface area contributed by atoms with Crippen molar-refractivity contribution in [3.8, 4) is 23.7 Å². The molecule has 0 bridgehead atoms. The summed E-state index contributed by atoms with van der Waals surface area (Å²) in [6.45, 7) is 1.30. The number of hydroxylamine groups is 1. The van der Waals surface area contributed by atoms with Gasteiger partial charge in [-0.1, -0.05) is 24.0 Å². The predicted molar refractivity (Wildman–Crippen MR) is 128 cm³/mol. The van der Waals surface area contributed by atoms with Crippen molar-refractivity contribution in [1.82, 2.24) is 21.4 Å². The van der Waals surface area contributed by atoms with Crippen LogP contribution in [0.2, 0.25) is 0 Å². The first kappa shape index (κ1) is 27.8. The number of hydrogen-bond donors (Lipinski definition) is 6. The molecule has 0 fully saturated rings. The fourth-order valence-corrected chi connectivity index (χ4v) is 2.96. The minimum absolute atomic E-state index is 0.0268. The van der Waals surface area contributed by atoms with Crippen molar-refractivity contribution in [3.05, 3.63) is 70.8 Å². The number of alkyl halides is 2. The molecule has 7 N–H and O–H groups in total. The van der Waals surface area contributed by atoms with Crippen LogP contribution in [0, 0.1) is 23.7 Å². The summed E-state index contributed by atoms with van der Waals surface area (Å²) >= 11 is 0. The van der Waals surface area contributed by atoms with E-state index in [1.54, 1.807) is 0 Å². The lowest BCUT2D eigenvalue weighted by atomic mass is 9.91. The number of nitrogens with one attached hydrogen (secondary N) is 4. The van der Waals surface area contributed by atoms with Crippen molar-refractivity contribution in [2.45, 2.75) is 31.5 Å². The molecule has 2 atom stereocenters. The second-order valence-electron chi connectivity index (χ2n) is 7.65. The number of nitrogens with two attached hydrogens (primary N) is 1. The molecule has 0 radical (unpaired) electrons. The zero-order chi connectivity index (χ0) is 26.7. The van der Waals surface area contributed by atoms with Crippen LogP contribution in [-0.2, 0) is 11.3 Å². The van der Waals surface area contributed by atoms with E-state index in [-0.39, 0.29) is 5.56 Å². The van der Waals surface area contributed by atoms with E-state index in [4.69, 9.17) is 10.9 Å². The van der Waals surface area contributed by atoms with Gasteiger partial charge in [0.25, 0.3) is 18.2 Å². The lowest BCUT2D eigenvalue weighted by Crippen LogP contribution is -2.69. The van der Waals surface area contributed by atoms with E-state index in [9.17, 15) is 23.2 Å². The number of amides is 4. The van der Waals surface area contributed by atoms with Crippen LogP contribution in [0.15, 0.2) is 48.5 Å². The molecule has 0 aliphatic heterocycles. The molecule has 11 heteroatoms. The van der Waals surface area contributed by atoms with Crippen LogP contribution in [-0.4, -0.2) is 48.1 Å². The first-order valence-electron chi connectivity index (χ1n) is 10.6. The lowest BCUT2D eigenvalue weighted by molar-refractivity contribution is -0.135. The van der Waals surface area contributed by atoms with E-state index < -0.39 is 35.9 Å². The molecule has 0 spiro atoms. The Kier molecular flexibility index (Phi) is 9.93. The van der Waals surface area contributed by atoms with Crippen molar-refractivity contribution in [2.75, 3.05) is 7.05 Å². The maximum atomic E-state index is 13.8. The minimum atomic E-state index is -3.28. The van der Waals surface area contributed by atoms with E-state index in [0.29, 0.717) is 12.1 Å². The normalized spacial score (nSPS) is 12.5. The van der Waals surface area contributed by atoms with Gasteiger partial charge < -0.3 is 21.7 Å². The number of halogens is 2. The molecule has 0 aliphatic carbocycles.